The van der Waals surface area contributed by atoms with Gasteiger partial charge in [0.1, 0.15) is 17.3 Å². The summed E-state index contributed by atoms with van der Waals surface area (Å²) in [5.41, 5.74) is 4.78. The second-order valence-corrected chi connectivity index (χ2v) is 6.23. The smallest absolute Gasteiger partial charge is 0.384 e. The molecule has 0 radical (unpaired) electrons. The summed E-state index contributed by atoms with van der Waals surface area (Å²) in [6.45, 7) is 3.28. The van der Waals surface area contributed by atoms with E-state index in [1.165, 1.54) is 6.07 Å². The normalized spacial score (nSPS) is 19.6. The number of aromatic nitrogens is 1. The molecule has 2 heterocycles. The Morgan fingerprint density at radius 1 is 1.52 bits per heavy atom. The van der Waals surface area contributed by atoms with E-state index in [0.29, 0.717) is 18.3 Å². The fourth-order valence-electron chi connectivity index (χ4n) is 2.22. The van der Waals surface area contributed by atoms with Crippen LogP contribution in [0.5, 0.6) is 0 Å². The predicted molar refractivity (Wildman–Crippen MR) is 79.0 cm³/mol. The largest absolute Gasteiger partial charge is 0.433 e. The minimum atomic E-state index is -4.50. The number of amidine groups is 1. The van der Waals surface area contributed by atoms with Gasteiger partial charge in [-0.3, -0.25) is 5.41 Å². The van der Waals surface area contributed by atoms with Crippen molar-refractivity contribution >= 4 is 23.4 Å². The molecule has 2 rings (SSSR count). The van der Waals surface area contributed by atoms with Crippen molar-refractivity contribution in [1.29, 1.82) is 5.41 Å². The molecule has 1 fully saturated rings. The third-order valence-electron chi connectivity index (χ3n) is 3.35. The topological polar surface area (TPSA) is 66.0 Å². The molecule has 1 atom stereocenters. The summed E-state index contributed by atoms with van der Waals surface area (Å²) in [5.74, 6) is 0.724. The summed E-state index contributed by atoms with van der Waals surface area (Å²) in [6, 6.07) is 2.10. The number of pyridine rings is 1. The van der Waals surface area contributed by atoms with Crippen LogP contribution in [0.3, 0.4) is 0 Å². The highest BCUT2D eigenvalue weighted by molar-refractivity contribution is 8.00. The van der Waals surface area contributed by atoms with Crippen molar-refractivity contribution in [3.8, 4) is 0 Å². The van der Waals surface area contributed by atoms with Crippen molar-refractivity contribution in [1.82, 2.24) is 4.98 Å². The van der Waals surface area contributed by atoms with Gasteiger partial charge in [0.15, 0.2) is 0 Å². The molecule has 1 unspecified atom stereocenters. The molecule has 1 aliphatic rings. The highest BCUT2D eigenvalue weighted by Crippen LogP contribution is 2.32. The van der Waals surface area contributed by atoms with Crippen LogP contribution in [0.1, 0.15) is 24.6 Å². The number of nitrogens with two attached hydrogens (primary N) is 1. The maximum absolute atomic E-state index is 12.8. The minimum Gasteiger partial charge on any atom is -0.384 e. The lowest BCUT2D eigenvalue weighted by Gasteiger charge is -2.34. The maximum Gasteiger partial charge on any atom is 0.433 e. The van der Waals surface area contributed by atoms with Crippen molar-refractivity contribution in [2.24, 2.45) is 5.73 Å². The number of anilines is 1. The minimum absolute atomic E-state index is 0.163. The average molecular weight is 318 g/mol. The molecular weight excluding hydrogens is 301 g/mol. The molecule has 0 aliphatic carbocycles. The van der Waals surface area contributed by atoms with Crippen LogP contribution < -0.4 is 10.6 Å². The molecule has 0 spiro atoms. The Balaban J connectivity index is 2.41. The molecule has 4 nitrogen and oxygen atoms in total. The summed E-state index contributed by atoms with van der Waals surface area (Å²) < 4.78 is 38.5. The summed E-state index contributed by atoms with van der Waals surface area (Å²) in [7, 11) is 0. The van der Waals surface area contributed by atoms with Crippen LogP contribution in [0.4, 0.5) is 19.0 Å². The summed E-state index contributed by atoms with van der Waals surface area (Å²) in [4.78, 5) is 5.53. The molecule has 1 aromatic heterocycles. The lowest BCUT2D eigenvalue weighted by atomic mass is 10.2. The standard InChI is InChI=1S/C13H17F3N4S/c1-2-8-7-20(5-6-21-8)12-9(11(17)18)3-4-10(19-12)13(14,15)16/h3-4,8H,2,5-7H2,1H3,(H3,17,18). The second-order valence-electron chi connectivity index (χ2n) is 4.83. The van der Waals surface area contributed by atoms with Crippen LogP contribution in [-0.2, 0) is 6.18 Å². The quantitative estimate of drug-likeness (QED) is 0.664. The molecule has 3 N–H and O–H groups in total. The predicted octanol–water partition coefficient (Wildman–Crippen LogP) is 2.72. The molecule has 0 saturated carbocycles. The first-order valence-corrected chi connectivity index (χ1v) is 7.67. The number of rotatable bonds is 3. The van der Waals surface area contributed by atoms with Gasteiger partial charge in [-0.2, -0.15) is 24.9 Å². The maximum atomic E-state index is 12.8. The van der Waals surface area contributed by atoms with E-state index in [-0.39, 0.29) is 17.2 Å². The number of hydrogen-bond donors (Lipinski definition) is 2. The molecule has 21 heavy (non-hydrogen) atoms. The Hall–Kier alpha value is -1.44. The third-order valence-corrected chi connectivity index (χ3v) is 4.72. The number of nitrogens with zero attached hydrogens (tertiary/aromatic N) is 2. The number of alkyl halides is 3. The van der Waals surface area contributed by atoms with Crippen LogP contribution >= 0.6 is 11.8 Å². The highest BCUT2D eigenvalue weighted by Gasteiger charge is 2.34. The van der Waals surface area contributed by atoms with Gasteiger partial charge in [0.05, 0.1) is 5.56 Å². The molecule has 0 aromatic carbocycles. The fourth-order valence-corrected chi connectivity index (χ4v) is 3.40. The van der Waals surface area contributed by atoms with E-state index in [9.17, 15) is 13.2 Å². The van der Waals surface area contributed by atoms with Crippen LogP contribution in [0.25, 0.3) is 0 Å². The fraction of sp³-hybridized carbons (Fsp3) is 0.538. The van der Waals surface area contributed by atoms with Gasteiger partial charge < -0.3 is 10.6 Å². The zero-order valence-corrected chi connectivity index (χ0v) is 12.4. The Bertz CT molecular complexity index is 533. The monoisotopic (exact) mass is 318 g/mol. The Morgan fingerprint density at radius 2 is 2.24 bits per heavy atom. The van der Waals surface area contributed by atoms with E-state index in [4.69, 9.17) is 11.1 Å². The van der Waals surface area contributed by atoms with Crippen molar-refractivity contribution in [2.45, 2.75) is 24.8 Å². The molecule has 0 amide bonds. The van der Waals surface area contributed by atoms with Gasteiger partial charge in [-0.1, -0.05) is 6.92 Å². The first-order valence-electron chi connectivity index (χ1n) is 6.62. The molecule has 1 aromatic rings. The lowest BCUT2D eigenvalue weighted by Crippen LogP contribution is -2.39. The van der Waals surface area contributed by atoms with Crippen LogP contribution in [-0.4, -0.2) is 34.9 Å². The number of nitrogen functional groups attached to an aromatic ring is 1. The third kappa shape index (κ3) is 3.61. The van der Waals surface area contributed by atoms with Gasteiger partial charge in [0, 0.05) is 24.1 Å². The molecule has 1 saturated heterocycles. The van der Waals surface area contributed by atoms with Crippen molar-refractivity contribution in [3.63, 3.8) is 0 Å². The Kier molecular flexibility index (Phi) is 4.65. The number of hydrogen-bond acceptors (Lipinski definition) is 4. The number of thioether (sulfide) groups is 1. The van der Waals surface area contributed by atoms with E-state index in [0.717, 1.165) is 18.2 Å². The zero-order chi connectivity index (χ0) is 15.6. The number of halogens is 3. The Labute approximate surface area is 125 Å². The van der Waals surface area contributed by atoms with Gasteiger partial charge in [-0.15, -0.1) is 0 Å². The second kappa shape index (κ2) is 6.13. The van der Waals surface area contributed by atoms with E-state index >= 15 is 0 Å². The first kappa shape index (κ1) is 15.9. The first-order chi connectivity index (χ1) is 9.82. The lowest BCUT2D eigenvalue weighted by molar-refractivity contribution is -0.141. The summed E-state index contributed by atoms with van der Waals surface area (Å²) >= 11 is 1.81. The van der Waals surface area contributed by atoms with Crippen LogP contribution in [0.2, 0.25) is 0 Å². The van der Waals surface area contributed by atoms with Gasteiger partial charge in [0.2, 0.25) is 0 Å². The van der Waals surface area contributed by atoms with Gasteiger partial charge in [0.25, 0.3) is 0 Å². The van der Waals surface area contributed by atoms with E-state index in [1.54, 1.807) is 4.90 Å². The van der Waals surface area contributed by atoms with Crippen LogP contribution in [0, 0.1) is 5.41 Å². The molecule has 8 heteroatoms. The highest BCUT2D eigenvalue weighted by atomic mass is 32.2. The van der Waals surface area contributed by atoms with Crippen molar-refractivity contribution in [3.05, 3.63) is 23.4 Å². The van der Waals surface area contributed by atoms with Gasteiger partial charge in [-0.05, 0) is 18.6 Å². The summed E-state index contributed by atoms with van der Waals surface area (Å²) in [6.07, 6.45) is -3.56. The Morgan fingerprint density at radius 3 is 2.81 bits per heavy atom. The number of nitrogens with one attached hydrogen (secondary N) is 1. The molecule has 116 valence electrons. The van der Waals surface area contributed by atoms with Crippen molar-refractivity contribution < 1.29 is 13.2 Å². The molecular formula is C13H17F3N4S. The van der Waals surface area contributed by atoms with E-state index in [2.05, 4.69) is 4.98 Å². The van der Waals surface area contributed by atoms with Gasteiger partial charge >= 0.3 is 6.18 Å². The van der Waals surface area contributed by atoms with E-state index in [1.807, 2.05) is 18.7 Å². The summed E-state index contributed by atoms with van der Waals surface area (Å²) in [5, 5.41) is 7.90. The van der Waals surface area contributed by atoms with Crippen LogP contribution in [0.15, 0.2) is 12.1 Å². The zero-order valence-electron chi connectivity index (χ0n) is 11.6. The average Bonchev–Trinajstić information content (AvgIpc) is 2.45. The van der Waals surface area contributed by atoms with Crippen molar-refractivity contribution in [2.75, 3.05) is 23.7 Å². The van der Waals surface area contributed by atoms with E-state index < -0.39 is 11.9 Å². The molecule has 1 aliphatic heterocycles. The SMILES string of the molecule is CCC1CN(c2nc(C(F)(F)F)ccc2C(=N)N)CCS1. The van der Waals surface area contributed by atoms with Gasteiger partial charge in [-0.25, -0.2) is 4.98 Å². The molecule has 0 bridgehead atoms.